The summed E-state index contributed by atoms with van der Waals surface area (Å²) in [5.74, 6) is -0.374. The number of anilines is 1. The van der Waals surface area contributed by atoms with Crippen molar-refractivity contribution in [2.24, 2.45) is 7.05 Å². The van der Waals surface area contributed by atoms with Gasteiger partial charge in [-0.05, 0) is 55.4 Å². The Hall–Kier alpha value is -2.17. The standard InChI is InChI=1S/C18H22FN3O/c1-10-15(11(2)22(5)21-10)17(23)20-14-7-6-13(19)16-12(14)8-9-18(16,3)4/h6-7H,8-9H2,1-5H3,(H,20,23). The molecule has 0 unspecified atom stereocenters. The SMILES string of the molecule is Cc1nn(C)c(C)c1C(=O)Nc1ccc(F)c2c1CCC2(C)C. The lowest BCUT2D eigenvalue weighted by molar-refractivity contribution is 0.102. The summed E-state index contributed by atoms with van der Waals surface area (Å²) in [6, 6.07) is 3.11. The molecule has 0 fully saturated rings. The number of fused-ring (bicyclic) bond motifs is 1. The molecule has 1 aromatic heterocycles. The van der Waals surface area contributed by atoms with E-state index in [4.69, 9.17) is 0 Å². The quantitative estimate of drug-likeness (QED) is 0.919. The molecule has 0 saturated heterocycles. The van der Waals surface area contributed by atoms with Crippen LogP contribution in [0, 0.1) is 19.7 Å². The van der Waals surface area contributed by atoms with Crippen LogP contribution in [-0.2, 0) is 18.9 Å². The van der Waals surface area contributed by atoms with Gasteiger partial charge >= 0.3 is 0 Å². The van der Waals surface area contributed by atoms with E-state index in [1.807, 2.05) is 34.7 Å². The van der Waals surface area contributed by atoms with Crippen molar-refractivity contribution in [1.29, 1.82) is 0 Å². The van der Waals surface area contributed by atoms with E-state index in [1.165, 1.54) is 6.07 Å². The lowest BCUT2D eigenvalue weighted by atomic mass is 9.86. The number of amides is 1. The number of carbonyl (C=O) groups excluding carboxylic acids is 1. The number of hydrogen-bond donors (Lipinski definition) is 1. The van der Waals surface area contributed by atoms with E-state index in [-0.39, 0.29) is 17.1 Å². The maximum absolute atomic E-state index is 14.2. The Kier molecular flexibility index (Phi) is 3.54. The van der Waals surface area contributed by atoms with Gasteiger partial charge in [0, 0.05) is 18.4 Å². The zero-order valence-electron chi connectivity index (χ0n) is 14.2. The fourth-order valence-corrected chi connectivity index (χ4v) is 3.58. The van der Waals surface area contributed by atoms with Gasteiger partial charge in [-0.2, -0.15) is 5.10 Å². The molecule has 0 bridgehead atoms. The van der Waals surface area contributed by atoms with E-state index in [0.29, 0.717) is 16.9 Å². The number of carbonyl (C=O) groups is 1. The maximum Gasteiger partial charge on any atom is 0.259 e. The summed E-state index contributed by atoms with van der Waals surface area (Å²) in [5.41, 5.74) is 4.26. The molecule has 1 aromatic carbocycles. The summed E-state index contributed by atoms with van der Waals surface area (Å²) >= 11 is 0. The van der Waals surface area contributed by atoms with Crippen LogP contribution in [0.2, 0.25) is 0 Å². The third-order valence-electron chi connectivity index (χ3n) is 4.92. The number of benzene rings is 1. The second-order valence-electron chi connectivity index (χ2n) is 6.96. The highest BCUT2D eigenvalue weighted by atomic mass is 19.1. The Balaban J connectivity index is 1.99. The zero-order chi connectivity index (χ0) is 16.9. The van der Waals surface area contributed by atoms with Crippen LogP contribution >= 0.6 is 0 Å². The summed E-state index contributed by atoms with van der Waals surface area (Å²) in [6.45, 7) is 7.78. The molecule has 1 N–H and O–H groups in total. The first kappa shape index (κ1) is 15.7. The highest BCUT2D eigenvalue weighted by molar-refractivity contribution is 6.06. The maximum atomic E-state index is 14.2. The Labute approximate surface area is 135 Å². The molecule has 3 rings (SSSR count). The van der Waals surface area contributed by atoms with Gasteiger partial charge in [-0.3, -0.25) is 9.48 Å². The van der Waals surface area contributed by atoms with E-state index in [1.54, 1.807) is 10.7 Å². The van der Waals surface area contributed by atoms with Crippen LogP contribution in [0.4, 0.5) is 10.1 Å². The summed E-state index contributed by atoms with van der Waals surface area (Å²) < 4.78 is 15.9. The van der Waals surface area contributed by atoms with Gasteiger partial charge < -0.3 is 5.32 Å². The lowest BCUT2D eigenvalue weighted by Crippen LogP contribution is -2.17. The van der Waals surface area contributed by atoms with Crippen molar-refractivity contribution in [3.63, 3.8) is 0 Å². The normalized spacial score (nSPS) is 15.6. The number of halogens is 1. The van der Waals surface area contributed by atoms with Gasteiger partial charge in [-0.25, -0.2) is 4.39 Å². The van der Waals surface area contributed by atoms with Gasteiger partial charge in [-0.1, -0.05) is 13.8 Å². The van der Waals surface area contributed by atoms with Crippen LogP contribution in [0.5, 0.6) is 0 Å². The highest BCUT2D eigenvalue weighted by Gasteiger charge is 2.34. The fraction of sp³-hybridized carbons (Fsp3) is 0.444. The Morgan fingerprint density at radius 2 is 2.04 bits per heavy atom. The number of nitrogens with zero attached hydrogens (tertiary/aromatic N) is 2. The molecule has 2 aromatic rings. The third kappa shape index (κ3) is 2.44. The molecule has 5 heteroatoms. The largest absolute Gasteiger partial charge is 0.322 e. The molecule has 1 aliphatic rings. The van der Waals surface area contributed by atoms with Crippen molar-refractivity contribution in [3.8, 4) is 0 Å². The van der Waals surface area contributed by atoms with Crippen molar-refractivity contribution in [3.05, 3.63) is 46.0 Å². The molecule has 0 spiro atoms. The number of aromatic nitrogens is 2. The second kappa shape index (κ2) is 5.18. The highest BCUT2D eigenvalue weighted by Crippen LogP contribution is 2.43. The summed E-state index contributed by atoms with van der Waals surface area (Å²) in [4.78, 5) is 12.7. The predicted molar refractivity (Wildman–Crippen MR) is 88.4 cm³/mol. The average Bonchev–Trinajstić information content (AvgIpc) is 2.91. The van der Waals surface area contributed by atoms with Gasteiger partial charge in [0.1, 0.15) is 5.82 Å². The summed E-state index contributed by atoms with van der Waals surface area (Å²) in [5, 5.41) is 7.24. The predicted octanol–water partition coefficient (Wildman–Crippen LogP) is 3.65. The minimum Gasteiger partial charge on any atom is -0.322 e. The Bertz CT molecular complexity index is 805. The van der Waals surface area contributed by atoms with Crippen LogP contribution in [0.25, 0.3) is 0 Å². The van der Waals surface area contributed by atoms with E-state index < -0.39 is 0 Å². The van der Waals surface area contributed by atoms with E-state index >= 15 is 0 Å². The molecule has 1 heterocycles. The number of hydrogen-bond acceptors (Lipinski definition) is 2. The number of aryl methyl sites for hydroxylation is 2. The van der Waals surface area contributed by atoms with Crippen LogP contribution < -0.4 is 5.32 Å². The van der Waals surface area contributed by atoms with Crippen molar-refractivity contribution in [2.75, 3.05) is 5.32 Å². The van der Waals surface area contributed by atoms with Gasteiger partial charge in [0.2, 0.25) is 0 Å². The molecular weight excluding hydrogens is 293 g/mol. The lowest BCUT2D eigenvalue weighted by Gasteiger charge is -2.20. The van der Waals surface area contributed by atoms with Gasteiger partial charge in [-0.15, -0.1) is 0 Å². The van der Waals surface area contributed by atoms with E-state index in [9.17, 15) is 9.18 Å². The molecule has 1 amide bonds. The molecular formula is C18H22FN3O. The third-order valence-corrected chi connectivity index (χ3v) is 4.92. The minimum absolute atomic E-state index is 0.186. The topological polar surface area (TPSA) is 46.9 Å². The van der Waals surface area contributed by atoms with Crippen molar-refractivity contribution < 1.29 is 9.18 Å². The van der Waals surface area contributed by atoms with Gasteiger partial charge in [0.15, 0.2) is 0 Å². The van der Waals surface area contributed by atoms with E-state index in [0.717, 1.165) is 29.7 Å². The molecule has 0 aliphatic heterocycles. The van der Waals surface area contributed by atoms with Crippen LogP contribution in [-0.4, -0.2) is 15.7 Å². The number of nitrogens with one attached hydrogen (secondary N) is 1. The molecule has 0 radical (unpaired) electrons. The Morgan fingerprint density at radius 1 is 1.35 bits per heavy atom. The van der Waals surface area contributed by atoms with Gasteiger partial charge in [0.25, 0.3) is 5.91 Å². The zero-order valence-corrected chi connectivity index (χ0v) is 14.2. The number of rotatable bonds is 2. The van der Waals surface area contributed by atoms with Crippen molar-refractivity contribution in [1.82, 2.24) is 9.78 Å². The molecule has 23 heavy (non-hydrogen) atoms. The Morgan fingerprint density at radius 3 is 2.65 bits per heavy atom. The van der Waals surface area contributed by atoms with E-state index in [2.05, 4.69) is 10.4 Å². The monoisotopic (exact) mass is 315 g/mol. The van der Waals surface area contributed by atoms with Gasteiger partial charge in [0.05, 0.1) is 11.3 Å². The second-order valence-corrected chi connectivity index (χ2v) is 6.96. The van der Waals surface area contributed by atoms with Crippen LogP contribution in [0.3, 0.4) is 0 Å². The fourth-order valence-electron chi connectivity index (χ4n) is 3.58. The first-order valence-corrected chi connectivity index (χ1v) is 7.86. The summed E-state index contributed by atoms with van der Waals surface area (Å²) in [7, 11) is 1.82. The molecule has 1 aliphatic carbocycles. The molecule has 0 atom stereocenters. The molecule has 0 saturated carbocycles. The molecule has 122 valence electrons. The first-order chi connectivity index (χ1) is 10.7. The average molecular weight is 315 g/mol. The molecule has 4 nitrogen and oxygen atoms in total. The summed E-state index contributed by atoms with van der Waals surface area (Å²) in [6.07, 6.45) is 1.66. The van der Waals surface area contributed by atoms with Crippen LogP contribution in [0.1, 0.15) is 53.1 Å². The smallest absolute Gasteiger partial charge is 0.259 e. The van der Waals surface area contributed by atoms with Crippen molar-refractivity contribution in [2.45, 2.75) is 46.0 Å². The van der Waals surface area contributed by atoms with Crippen molar-refractivity contribution >= 4 is 11.6 Å². The van der Waals surface area contributed by atoms with Crippen LogP contribution in [0.15, 0.2) is 12.1 Å². The first-order valence-electron chi connectivity index (χ1n) is 7.86. The minimum atomic E-state index is -0.194.